The van der Waals surface area contributed by atoms with Crippen LogP contribution in [0.1, 0.15) is 119 Å². The molecule has 0 heterocycles. The summed E-state index contributed by atoms with van der Waals surface area (Å²) in [5, 5.41) is 0. The van der Waals surface area contributed by atoms with Gasteiger partial charge < -0.3 is 0 Å². The molecule has 0 fully saturated rings. The lowest BCUT2D eigenvalue weighted by atomic mass is 9.88. The highest BCUT2D eigenvalue weighted by Gasteiger charge is 2.09. The van der Waals surface area contributed by atoms with Gasteiger partial charge in [-0.3, -0.25) is 0 Å². The van der Waals surface area contributed by atoms with Gasteiger partial charge in [0.2, 0.25) is 0 Å². The normalized spacial score (nSPS) is 17.2. The molecule has 0 aliphatic heterocycles. The van der Waals surface area contributed by atoms with Crippen molar-refractivity contribution in [1.82, 2.24) is 0 Å². The van der Waals surface area contributed by atoms with Gasteiger partial charge in [0.05, 0.1) is 0 Å². The minimum absolute atomic E-state index is 0.933. The van der Waals surface area contributed by atoms with Crippen LogP contribution < -0.4 is 0 Å². The number of hydrogen-bond acceptors (Lipinski definition) is 0. The third kappa shape index (κ3) is 12.5. The first-order chi connectivity index (χ1) is 10.5. The third-order valence-electron chi connectivity index (χ3n) is 5.98. The molecule has 0 spiro atoms. The lowest BCUT2D eigenvalue weighted by molar-refractivity contribution is 0.353. The van der Waals surface area contributed by atoms with Crippen LogP contribution in [-0.2, 0) is 0 Å². The molecule has 0 saturated heterocycles. The van der Waals surface area contributed by atoms with Crippen molar-refractivity contribution in [3.8, 4) is 0 Å². The van der Waals surface area contributed by atoms with Crippen molar-refractivity contribution >= 4 is 0 Å². The lowest BCUT2D eigenvalue weighted by Crippen LogP contribution is -2.03. The molecule has 0 heteroatoms. The molecule has 0 aromatic rings. The van der Waals surface area contributed by atoms with E-state index in [4.69, 9.17) is 0 Å². The quantitative estimate of drug-likeness (QED) is 0.285. The second kappa shape index (κ2) is 14.6. The first-order valence-corrected chi connectivity index (χ1v) is 10.5. The van der Waals surface area contributed by atoms with Gasteiger partial charge in [0, 0.05) is 0 Å². The molecule has 0 rings (SSSR count). The fourth-order valence-corrected chi connectivity index (χ4v) is 3.43. The predicted molar refractivity (Wildman–Crippen MR) is 103 cm³/mol. The van der Waals surface area contributed by atoms with Crippen LogP contribution in [-0.4, -0.2) is 0 Å². The molecule has 0 amide bonds. The molecular formula is C22H46. The maximum Gasteiger partial charge on any atom is -0.0417 e. The van der Waals surface area contributed by atoms with E-state index in [1.807, 2.05) is 0 Å². The summed E-state index contributed by atoms with van der Waals surface area (Å²) >= 11 is 0. The van der Waals surface area contributed by atoms with Crippen molar-refractivity contribution in [2.45, 2.75) is 119 Å². The second-order valence-corrected chi connectivity index (χ2v) is 8.20. The number of rotatable bonds is 15. The molecule has 0 aliphatic carbocycles. The van der Waals surface area contributed by atoms with Gasteiger partial charge in [0.15, 0.2) is 0 Å². The molecule has 134 valence electrons. The van der Waals surface area contributed by atoms with Gasteiger partial charge in [-0.15, -0.1) is 0 Å². The first-order valence-electron chi connectivity index (χ1n) is 10.5. The van der Waals surface area contributed by atoms with Gasteiger partial charge in [0.25, 0.3) is 0 Å². The Kier molecular flexibility index (Phi) is 14.6. The van der Waals surface area contributed by atoms with E-state index in [0.717, 1.165) is 23.7 Å². The predicted octanol–water partition coefficient (Wildman–Crippen LogP) is 8.25. The summed E-state index contributed by atoms with van der Waals surface area (Å²) in [4.78, 5) is 0. The molecule has 0 aromatic carbocycles. The van der Waals surface area contributed by atoms with Crippen LogP contribution in [0.25, 0.3) is 0 Å². The van der Waals surface area contributed by atoms with Crippen LogP contribution in [0.5, 0.6) is 0 Å². The van der Waals surface area contributed by atoms with Gasteiger partial charge in [-0.05, 0) is 23.7 Å². The topological polar surface area (TPSA) is 0 Å². The zero-order valence-electron chi connectivity index (χ0n) is 16.8. The first kappa shape index (κ1) is 22.0. The Labute approximate surface area is 142 Å². The van der Waals surface area contributed by atoms with E-state index in [2.05, 4.69) is 41.5 Å². The summed E-state index contributed by atoms with van der Waals surface area (Å²) in [5.41, 5.74) is 0. The summed E-state index contributed by atoms with van der Waals surface area (Å²) < 4.78 is 0. The van der Waals surface area contributed by atoms with Crippen LogP contribution >= 0.6 is 0 Å². The van der Waals surface area contributed by atoms with Crippen molar-refractivity contribution < 1.29 is 0 Å². The van der Waals surface area contributed by atoms with Crippen molar-refractivity contribution in [1.29, 1.82) is 0 Å². The lowest BCUT2D eigenvalue weighted by Gasteiger charge is -2.18. The van der Waals surface area contributed by atoms with Crippen LogP contribution in [0.2, 0.25) is 0 Å². The summed E-state index contributed by atoms with van der Waals surface area (Å²) in [6.45, 7) is 14.3. The van der Waals surface area contributed by atoms with E-state index in [1.54, 1.807) is 0 Å². The van der Waals surface area contributed by atoms with Crippen LogP contribution in [0, 0.1) is 23.7 Å². The van der Waals surface area contributed by atoms with E-state index >= 15 is 0 Å². The smallest absolute Gasteiger partial charge is 0.0417 e. The summed E-state index contributed by atoms with van der Waals surface area (Å²) in [6, 6.07) is 0. The van der Waals surface area contributed by atoms with Crippen LogP contribution in [0.3, 0.4) is 0 Å². The van der Waals surface area contributed by atoms with Gasteiger partial charge in [-0.25, -0.2) is 0 Å². The Morgan fingerprint density at radius 1 is 0.455 bits per heavy atom. The third-order valence-corrected chi connectivity index (χ3v) is 5.98. The average molecular weight is 311 g/mol. The largest absolute Gasteiger partial charge is 0.0651 e. The maximum atomic E-state index is 2.47. The fraction of sp³-hybridized carbons (Fsp3) is 1.00. The van der Waals surface area contributed by atoms with Crippen LogP contribution in [0.15, 0.2) is 0 Å². The zero-order valence-corrected chi connectivity index (χ0v) is 16.8. The molecule has 0 radical (unpaired) electrons. The standard InChI is InChI=1S/C22H46/c1-7-19(4)13-10-15-21(6)16-12-18-22(9-3)17-11-14-20(5)8-2/h19-22H,7-18H2,1-6H3. The van der Waals surface area contributed by atoms with E-state index < -0.39 is 0 Å². The minimum atomic E-state index is 0.933. The van der Waals surface area contributed by atoms with Crippen molar-refractivity contribution in [3.05, 3.63) is 0 Å². The SMILES string of the molecule is CCC(C)CCCC(C)CCCC(CC)CCCC(C)CC. The molecule has 4 unspecified atom stereocenters. The minimum Gasteiger partial charge on any atom is -0.0651 e. The summed E-state index contributed by atoms with van der Waals surface area (Å²) in [6.07, 6.45) is 17.2. The van der Waals surface area contributed by atoms with E-state index in [-0.39, 0.29) is 0 Å². The van der Waals surface area contributed by atoms with Crippen LogP contribution in [0.4, 0.5) is 0 Å². The molecular weight excluding hydrogens is 264 g/mol. The number of hydrogen-bond donors (Lipinski definition) is 0. The molecule has 0 N–H and O–H groups in total. The van der Waals surface area contributed by atoms with Crippen molar-refractivity contribution in [2.24, 2.45) is 23.7 Å². The fourth-order valence-electron chi connectivity index (χ4n) is 3.43. The Morgan fingerprint density at radius 2 is 0.818 bits per heavy atom. The van der Waals surface area contributed by atoms with Crippen molar-refractivity contribution in [2.75, 3.05) is 0 Å². The summed E-state index contributed by atoms with van der Waals surface area (Å²) in [7, 11) is 0. The van der Waals surface area contributed by atoms with Gasteiger partial charge >= 0.3 is 0 Å². The van der Waals surface area contributed by atoms with Gasteiger partial charge in [-0.1, -0.05) is 119 Å². The maximum absolute atomic E-state index is 2.47. The Balaban J connectivity index is 3.63. The average Bonchev–Trinajstić information content (AvgIpc) is 2.52. The monoisotopic (exact) mass is 310 g/mol. The zero-order chi connectivity index (χ0) is 16.8. The van der Waals surface area contributed by atoms with E-state index in [0.29, 0.717) is 0 Å². The second-order valence-electron chi connectivity index (χ2n) is 8.20. The van der Waals surface area contributed by atoms with E-state index in [1.165, 1.54) is 77.0 Å². The molecule has 0 aromatic heterocycles. The van der Waals surface area contributed by atoms with Crippen molar-refractivity contribution in [3.63, 3.8) is 0 Å². The molecule has 0 saturated carbocycles. The Morgan fingerprint density at radius 3 is 1.18 bits per heavy atom. The highest BCUT2D eigenvalue weighted by molar-refractivity contribution is 4.62. The molecule has 22 heavy (non-hydrogen) atoms. The highest BCUT2D eigenvalue weighted by atomic mass is 14.2. The Hall–Kier alpha value is 0. The molecule has 4 atom stereocenters. The van der Waals surface area contributed by atoms with Gasteiger partial charge in [-0.2, -0.15) is 0 Å². The van der Waals surface area contributed by atoms with E-state index in [9.17, 15) is 0 Å². The Bertz CT molecular complexity index is 220. The molecule has 0 aliphatic rings. The highest BCUT2D eigenvalue weighted by Crippen LogP contribution is 2.24. The molecule has 0 bridgehead atoms. The summed E-state index contributed by atoms with van der Waals surface area (Å²) in [5.74, 6) is 3.81. The van der Waals surface area contributed by atoms with Gasteiger partial charge in [0.1, 0.15) is 0 Å². The molecule has 0 nitrogen and oxygen atoms in total.